The van der Waals surface area contributed by atoms with Crippen LogP contribution in [0.2, 0.25) is 10.0 Å². The third-order valence-corrected chi connectivity index (χ3v) is 6.94. The van der Waals surface area contributed by atoms with Crippen LogP contribution in [-0.2, 0) is 26.2 Å². The van der Waals surface area contributed by atoms with Gasteiger partial charge in [-0.3, -0.25) is 13.9 Å². The Hall–Kier alpha value is -2.29. The van der Waals surface area contributed by atoms with Crippen molar-refractivity contribution in [2.45, 2.75) is 39.8 Å². The van der Waals surface area contributed by atoms with Crippen molar-refractivity contribution in [3.63, 3.8) is 0 Å². The third-order valence-electron chi connectivity index (χ3n) is 5.10. The van der Waals surface area contributed by atoms with E-state index in [1.807, 2.05) is 13.0 Å². The van der Waals surface area contributed by atoms with E-state index in [0.717, 1.165) is 16.1 Å². The van der Waals surface area contributed by atoms with Crippen LogP contribution in [0.5, 0.6) is 0 Å². The number of benzene rings is 2. The van der Waals surface area contributed by atoms with E-state index in [9.17, 15) is 18.0 Å². The predicted octanol–water partition coefficient (Wildman–Crippen LogP) is 4.01. The summed E-state index contributed by atoms with van der Waals surface area (Å²) in [5.41, 5.74) is 1.70. The number of hydrogen-bond acceptors (Lipinski definition) is 4. The minimum atomic E-state index is -3.78. The van der Waals surface area contributed by atoms with Crippen molar-refractivity contribution >= 4 is 50.7 Å². The van der Waals surface area contributed by atoms with Gasteiger partial charge in [0.05, 0.1) is 11.9 Å². The Morgan fingerprint density at radius 1 is 1.06 bits per heavy atom. The molecular weight excluding hydrogens is 485 g/mol. The van der Waals surface area contributed by atoms with E-state index in [0.29, 0.717) is 34.3 Å². The summed E-state index contributed by atoms with van der Waals surface area (Å²) in [5, 5.41) is 3.44. The zero-order valence-electron chi connectivity index (χ0n) is 19.1. The van der Waals surface area contributed by atoms with E-state index in [2.05, 4.69) is 5.32 Å². The van der Waals surface area contributed by atoms with Crippen molar-refractivity contribution in [3.8, 4) is 0 Å². The maximum atomic E-state index is 13.5. The summed E-state index contributed by atoms with van der Waals surface area (Å²) in [6.45, 7) is 5.27. The number of nitrogens with zero attached hydrogens (tertiary/aromatic N) is 2. The smallest absolute Gasteiger partial charge is 0.244 e. The van der Waals surface area contributed by atoms with Crippen LogP contribution in [-0.4, -0.2) is 50.5 Å². The number of nitrogens with one attached hydrogen (secondary N) is 1. The molecule has 0 fully saturated rings. The van der Waals surface area contributed by atoms with Gasteiger partial charge in [-0.2, -0.15) is 0 Å². The minimum Gasteiger partial charge on any atom is -0.355 e. The number of halogens is 2. The predicted molar refractivity (Wildman–Crippen MR) is 133 cm³/mol. The minimum absolute atomic E-state index is 0.0433. The highest BCUT2D eigenvalue weighted by Crippen LogP contribution is 2.27. The summed E-state index contributed by atoms with van der Waals surface area (Å²) in [4.78, 5) is 27.7. The molecule has 1 atom stereocenters. The van der Waals surface area contributed by atoms with Gasteiger partial charge in [0.1, 0.15) is 12.6 Å². The molecule has 2 amide bonds. The summed E-state index contributed by atoms with van der Waals surface area (Å²) in [6, 6.07) is 11.0. The summed E-state index contributed by atoms with van der Waals surface area (Å²) >= 11 is 12.7. The average molecular weight is 514 g/mol. The molecule has 2 rings (SSSR count). The molecule has 180 valence electrons. The largest absolute Gasteiger partial charge is 0.355 e. The maximum Gasteiger partial charge on any atom is 0.244 e. The molecule has 0 aliphatic heterocycles. The van der Waals surface area contributed by atoms with Crippen molar-refractivity contribution in [3.05, 3.63) is 63.6 Å². The molecule has 2 aromatic rings. The van der Waals surface area contributed by atoms with Gasteiger partial charge in [-0.15, -0.1) is 0 Å². The zero-order valence-corrected chi connectivity index (χ0v) is 21.5. The SMILES string of the molecule is CCNC(=O)C(CC)N(Cc1c(Cl)cccc1Cl)C(=O)CN(c1cccc(C)c1)S(C)(=O)=O. The summed E-state index contributed by atoms with van der Waals surface area (Å²) in [5.74, 6) is -0.881. The van der Waals surface area contributed by atoms with E-state index in [4.69, 9.17) is 23.2 Å². The molecule has 1 unspecified atom stereocenters. The molecule has 7 nitrogen and oxygen atoms in total. The van der Waals surface area contributed by atoms with Crippen molar-refractivity contribution in [2.75, 3.05) is 23.7 Å². The van der Waals surface area contributed by atoms with Gasteiger partial charge in [0.15, 0.2) is 0 Å². The normalized spacial score (nSPS) is 12.2. The van der Waals surface area contributed by atoms with Crippen molar-refractivity contribution in [1.82, 2.24) is 10.2 Å². The monoisotopic (exact) mass is 513 g/mol. The molecule has 0 saturated carbocycles. The van der Waals surface area contributed by atoms with Crippen LogP contribution in [0, 0.1) is 6.92 Å². The Kier molecular flexibility index (Phi) is 9.57. The molecule has 0 aliphatic carbocycles. The first-order valence-corrected chi connectivity index (χ1v) is 13.1. The number of likely N-dealkylation sites (N-methyl/N-ethyl adjacent to an activating group) is 1. The van der Waals surface area contributed by atoms with E-state index in [-0.39, 0.29) is 12.5 Å². The Morgan fingerprint density at radius 2 is 1.67 bits per heavy atom. The van der Waals surface area contributed by atoms with Gasteiger partial charge >= 0.3 is 0 Å². The lowest BCUT2D eigenvalue weighted by molar-refractivity contribution is -0.140. The Balaban J connectivity index is 2.49. The lowest BCUT2D eigenvalue weighted by Gasteiger charge is -2.33. The first-order chi connectivity index (χ1) is 15.5. The first kappa shape index (κ1) is 27.0. The lowest BCUT2D eigenvalue weighted by atomic mass is 10.1. The number of carbonyl (C=O) groups is 2. The highest BCUT2D eigenvalue weighted by atomic mass is 35.5. The molecule has 2 aromatic carbocycles. The number of anilines is 1. The van der Waals surface area contributed by atoms with E-state index in [1.165, 1.54) is 4.90 Å². The molecule has 0 saturated heterocycles. The van der Waals surface area contributed by atoms with E-state index < -0.39 is 28.5 Å². The highest BCUT2D eigenvalue weighted by Gasteiger charge is 2.32. The number of aryl methyl sites for hydroxylation is 1. The van der Waals surface area contributed by atoms with E-state index in [1.54, 1.807) is 50.2 Å². The Morgan fingerprint density at radius 3 is 2.18 bits per heavy atom. The number of rotatable bonds is 10. The van der Waals surface area contributed by atoms with Gasteiger partial charge in [0.2, 0.25) is 21.8 Å². The van der Waals surface area contributed by atoms with Gasteiger partial charge in [-0.1, -0.05) is 48.3 Å². The number of hydrogen-bond donors (Lipinski definition) is 1. The zero-order chi connectivity index (χ0) is 24.8. The molecule has 0 aromatic heterocycles. The second-order valence-corrected chi connectivity index (χ2v) is 10.4. The molecule has 0 heterocycles. The van der Waals surface area contributed by atoms with Gasteiger partial charge < -0.3 is 10.2 Å². The van der Waals surface area contributed by atoms with Gasteiger partial charge in [-0.25, -0.2) is 8.42 Å². The van der Waals surface area contributed by atoms with E-state index >= 15 is 0 Å². The second kappa shape index (κ2) is 11.7. The molecule has 0 spiro atoms. The highest BCUT2D eigenvalue weighted by molar-refractivity contribution is 7.92. The number of carbonyl (C=O) groups excluding carboxylic acids is 2. The fourth-order valence-corrected chi connectivity index (χ4v) is 4.82. The van der Waals surface area contributed by atoms with Crippen LogP contribution >= 0.6 is 23.2 Å². The van der Waals surface area contributed by atoms with Crippen LogP contribution in [0.3, 0.4) is 0 Å². The van der Waals surface area contributed by atoms with Crippen LogP contribution in [0.4, 0.5) is 5.69 Å². The molecule has 10 heteroatoms. The molecule has 0 aliphatic rings. The second-order valence-electron chi connectivity index (χ2n) is 7.65. The van der Waals surface area contributed by atoms with Crippen LogP contribution in [0.15, 0.2) is 42.5 Å². The van der Waals surface area contributed by atoms with Crippen molar-refractivity contribution in [1.29, 1.82) is 0 Å². The molecular formula is C23H29Cl2N3O4S. The van der Waals surface area contributed by atoms with Crippen LogP contribution in [0.25, 0.3) is 0 Å². The molecule has 0 bridgehead atoms. The van der Waals surface area contributed by atoms with Gasteiger partial charge in [0, 0.05) is 28.7 Å². The molecule has 1 N–H and O–H groups in total. The maximum absolute atomic E-state index is 13.5. The lowest BCUT2D eigenvalue weighted by Crippen LogP contribution is -2.52. The van der Waals surface area contributed by atoms with Crippen LogP contribution < -0.4 is 9.62 Å². The number of amides is 2. The van der Waals surface area contributed by atoms with Gasteiger partial charge in [-0.05, 0) is 50.1 Å². The summed E-state index contributed by atoms with van der Waals surface area (Å²) in [6.07, 6.45) is 1.36. The summed E-state index contributed by atoms with van der Waals surface area (Å²) < 4.78 is 26.2. The fraction of sp³-hybridized carbons (Fsp3) is 0.391. The van der Waals surface area contributed by atoms with Crippen LogP contribution in [0.1, 0.15) is 31.4 Å². The standard InChI is InChI=1S/C23H29Cl2N3O4S/c1-5-21(23(30)26-6-2)27(14-18-19(24)11-8-12-20(18)25)22(29)15-28(33(4,31)32)17-10-7-9-16(3)13-17/h7-13,21H,5-6,14-15H2,1-4H3,(H,26,30). The number of sulfonamides is 1. The molecule has 0 radical (unpaired) electrons. The Bertz CT molecular complexity index is 1090. The topological polar surface area (TPSA) is 86.8 Å². The average Bonchev–Trinajstić information content (AvgIpc) is 2.73. The summed E-state index contributed by atoms with van der Waals surface area (Å²) in [7, 11) is -3.78. The first-order valence-electron chi connectivity index (χ1n) is 10.5. The quantitative estimate of drug-likeness (QED) is 0.519. The van der Waals surface area contributed by atoms with Crippen molar-refractivity contribution in [2.24, 2.45) is 0 Å². The third kappa shape index (κ3) is 7.09. The molecule has 33 heavy (non-hydrogen) atoms. The van der Waals surface area contributed by atoms with Gasteiger partial charge in [0.25, 0.3) is 0 Å². The fourth-order valence-electron chi connectivity index (χ4n) is 3.46. The van der Waals surface area contributed by atoms with Crippen molar-refractivity contribution < 1.29 is 18.0 Å². The Labute approximate surface area is 205 Å².